The van der Waals surface area contributed by atoms with E-state index in [1.54, 1.807) is 0 Å². The lowest BCUT2D eigenvalue weighted by atomic mass is 9.96. The van der Waals surface area contributed by atoms with Gasteiger partial charge in [-0.1, -0.05) is 53.2 Å². The third-order valence-electron chi connectivity index (χ3n) is 3.44. The Balaban J connectivity index is 1.93. The standard InChI is InChI=1S/C18H22BrNS/c1-2-20-14-16(15-7-6-8-17(19)13-15)11-12-21-18-9-4-3-5-10-18/h3-10,13,16,20H,2,11-12,14H2,1H3. The molecule has 21 heavy (non-hydrogen) atoms. The number of nitrogens with one attached hydrogen (secondary N) is 1. The van der Waals surface area contributed by atoms with E-state index in [-0.39, 0.29) is 0 Å². The number of thioether (sulfide) groups is 1. The van der Waals surface area contributed by atoms with Gasteiger partial charge in [0.05, 0.1) is 0 Å². The van der Waals surface area contributed by atoms with Crippen LogP contribution in [0, 0.1) is 0 Å². The van der Waals surface area contributed by atoms with Crippen molar-refractivity contribution in [3.63, 3.8) is 0 Å². The zero-order valence-electron chi connectivity index (χ0n) is 12.4. The minimum absolute atomic E-state index is 0.568. The maximum absolute atomic E-state index is 3.58. The summed E-state index contributed by atoms with van der Waals surface area (Å²) in [5.41, 5.74) is 1.42. The maximum Gasteiger partial charge on any atom is 0.0178 e. The van der Waals surface area contributed by atoms with Gasteiger partial charge in [-0.15, -0.1) is 11.8 Å². The Morgan fingerprint density at radius 3 is 2.62 bits per heavy atom. The third kappa shape index (κ3) is 5.85. The molecule has 0 saturated heterocycles. The Bertz CT molecular complexity index is 530. The molecule has 2 aromatic carbocycles. The largest absolute Gasteiger partial charge is 0.316 e. The summed E-state index contributed by atoms with van der Waals surface area (Å²) in [6.45, 7) is 4.23. The van der Waals surface area contributed by atoms with Crippen molar-refractivity contribution in [1.29, 1.82) is 0 Å². The van der Waals surface area contributed by atoms with Crippen LogP contribution in [-0.4, -0.2) is 18.8 Å². The number of halogens is 1. The molecule has 1 nitrogen and oxygen atoms in total. The summed E-state index contributed by atoms with van der Waals surface area (Å²) in [5, 5.41) is 3.49. The Kier molecular flexibility index (Phi) is 7.34. The average molecular weight is 364 g/mol. The summed E-state index contributed by atoms with van der Waals surface area (Å²) < 4.78 is 1.16. The third-order valence-corrected chi connectivity index (χ3v) is 4.98. The zero-order valence-corrected chi connectivity index (χ0v) is 14.8. The van der Waals surface area contributed by atoms with Crippen LogP contribution in [0.2, 0.25) is 0 Å². The van der Waals surface area contributed by atoms with Gasteiger partial charge < -0.3 is 5.32 Å². The highest BCUT2D eigenvalue weighted by Gasteiger charge is 2.11. The van der Waals surface area contributed by atoms with Crippen LogP contribution in [-0.2, 0) is 0 Å². The fraction of sp³-hybridized carbons (Fsp3) is 0.333. The normalized spacial score (nSPS) is 12.3. The molecule has 1 unspecified atom stereocenters. The van der Waals surface area contributed by atoms with Gasteiger partial charge >= 0.3 is 0 Å². The molecule has 3 heteroatoms. The average Bonchev–Trinajstić information content (AvgIpc) is 2.51. The molecule has 2 aromatic rings. The van der Waals surface area contributed by atoms with E-state index in [9.17, 15) is 0 Å². The van der Waals surface area contributed by atoms with Crippen molar-refractivity contribution in [3.05, 3.63) is 64.6 Å². The van der Waals surface area contributed by atoms with Gasteiger partial charge in [0.25, 0.3) is 0 Å². The van der Waals surface area contributed by atoms with Crippen molar-refractivity contribution in [2.24, 2.45) is 0 Å². The number of hydrogen-bond acceptors (Lipinski definition) is 2. The number of benzene rings is 2. The predicted octanol–water partition coefficient (Wildman–Crippen LogP) is 5.32. The number of likely N-dealkylation sites (N-methyl/N-ethyl adjacent to an activating group) is 1. The van der Waals surface area contributed by atoms with Crippen LogP contribution >= 0.6 is 27.7 Å². The minimum atomic E-state index is 0.568. The van der Waals surface area contributed by atoms with Crippen LogP contribution in [0.5, 0.6) is 0 Å². The SMILES string of the molecule is CCNCC(CCSc1ccccc1)c1cccc(Br)c1. The number of hydrogen-bond donors (Lipinski definition) is 1. The first-order chi connectivity index (χ1) is 10.3. The van der Waals surface area contributed by atoms with Gasteiger partial charge in [0, 0.05) is 15.9 Å². The van der Waals surface area contributed by atoms with E-state index in [1.165, 1.54) is 16.9 Å². The molecule has 0 radical (unpaired) electrons. The molecule has 0 aromatic heterocycles. The number of rotatable bonds is 8. The van der Waals surface area contributed by atoms with Crippen LogP contribution in [0.25, 0.3) is 0 Å². The molecule has 1 atom stereocenters. The molecule has 0 bridgehead atoms. The highest BCUT2D eigenvalue weighted by molar-refractivity contribution is 9.10. The van der Waals surface area contributed by atoms with Crippen molar-refractivity contribution >= 4 is 27.7 Å². The molecular formula is C18H22BrNS. The summed E-state index contributed by atoms with van der Waals surface area (Å²) in [6.07, 6.45) is 1.18. The van der Waals surface area contributed by atoms with E-state index in [4.69, 9.17) is 0 Å². The highest BCUT2D eigenvalue weighted by Crippen LogP contribution is 2.26. The van der Waals surface area contributed by atoms with Crippen LogP contribution < -0.4 is 5.32 Å². The smallest absolute Gasteiger partial charge is 0.0178 e. The van der Waals surface area contributed by atoms with Crippen LogP contribution in [0.4, 0.5) is 0 Å². The van der Waals surface area contributed by atoms with Crippen molar-refractivity contribution in [2.75, 3.05) is 18.8 Å². The molecule has 0 heterocycles. The summed E-state index contributed by atoms with van der Waals surface area (Å²) in [7, 11) is 0. The summed E-state index contributed by atoms with van der Waals surface area (Å²) in [5.74, 6) is 1.71. The molecule has 0 amide bonds. The Labute approximate surface area is 140 Å². The maximum atomic E-state index is 3.58. The molecule has 112 valence electrons. The summed E-state index contributed by atoms with van der Waals surface area (Å²) in [6, 6.07) is 19.3. The first kappa shape index (κ1) is 16.6. The molecule has 0 spiro atoms. The van der Waals surface area contributed by atoms with E-state index in [0.717, 1.165) is 23.3 Å². The van der Waals surface area contributed by atoms with Crippen molar-refractivity contribution in [2.45, 2.75) is 24.2 Å². The van der Waals surface area contributed by atoms with E-state index < -0.39 is 0 Å². The van der Waals surface area contributed by atoms with E-state index in [1.807, 2.05) is 11.8 Å². The lowest BCUT2D eigenvalue weighted by Crippen LogP contribution is -2.21. The molecular weight excluding hydrogens is 342 g/mol. The van der Waals surface area contributed by atoms with Gasteiger partial charge in [-0.05, 0) is 54.5 Å². The lowest BCUT2D eigenvalue weighted by molar-refractivity contribution is 0.587. The van der Waals surface area contributed by atoms with Gasteiger partial charge in [0.2, 0.25) is 0 Å². The van der Waals surface area contributed by atoms with Gasteiger partial charge in [0.1, 0.15) is 0 Å². The van der Waals surface area contributed by atoms with E-state index in [2.05, 4.69) is 82.8 Å². The predicted molar refractivity (Wildman–Crippen MR) is 97.2 cm³/mol. The second-order valence-electron chi connectivity index (χ2n) is 5.01. The van der Waals surface area contributed by atoms with Crippen LogP contribution in [0.3, 0.4) is 0 Å². The highest BCUT2D eigenvalue weighted by atomic mass is 79.9. The molecule has 0 fully saturated rings. The van der Waals surface area contributed by atoms with Gasteiger partial charge in [-0.2, -0.15) is 0 Å². The quantitative estimate of drug-likeness (QED) is 0.636. The molecule has 2 rings (SSSR count). The Hall–Kier alpha value is -0.770. The molecule has 1 N–H and O–H groups in total. The first-order valence-electron chi connectivity index (χ1n) is 7.43. The Morgan fingerprint density at radius 1 is 1.10 bits per heavy atom. The second-order valence-corrected chi connectivity index (χ2v) is 7.09. The molecule has 0 aliphatic carbocycles. The summed E-state index contributed by atoms with van der Waals surface area (Å²) in [4.78, 5) is 1.36. The van der Waals surface area contributed by atoms with Gasteiger partial charge in [-0.3, -0.25) is 0 Å². The molecule has 0 aliphatic rings. The van der Waals surface area contributed by atoms with Crippen molar-refractivity contribution in [3.8, 4) is 0 Å². The topological polar surface area (TPSA) is 12.0 Å². The van der Waals surface area contributed by atoms with Crippen LogP contribution in [0.15, 0.2) is 64.0 Å². The fourth-order valence-electron chi connectivity index (χ4n) is 2.30. The molecule has 0 aliphatic heterocycles. The molecule has 0 saturated carbocycles. The Morgan fingerprint density at radius 2 is 1.90 bits per heavy atom. The van der Waals surface area contributed by atoms with Gasteiger partial charge in [0.15, 0.2) is 0 Å². The fourth-order valence-corrected chi connectivity index (χ4v) is 3.71. The second kappa shape index (κ2) is 9.29. The van der Waals surface area contributed by atoms with E-state index >= 15 is 0 Å². The lowest BCUT2D eigenvalue weighted by Gasteiger charge is -2.18. The zero-order chi connectivity index (χ0) is 14.9. The first-order valence-corrected chi connectivity index (χ1v) is 9.21. The van der Waals surface area contributed by atoms with Crippen molar-refractivity contribution in [1.82, 2.24) is 5.32 Å². The minimum Gasteiger partial charge on any atom is -0.316 e. The monoisotopic (exact) mass is 363 g/mol. The van der Waals surface area contributed by atoms with E-state index in [0.29, 0.717) is 5.92 Å². The van der Waals surface area contributed by atoms with Gasteiger partial charge in [-0.25, -0.2) is 0 Å². The van der Waals surface area contributed by atoms with Crippen LogP contribution in [0.1, 0.15) is 24.8 Å². The van der Waals surface area contributed by atoms with Crippen molar-refractivity contribution < 1.29 is 0 Å². The summed E-state index contributed by atoms with van der Waals surface area (Å²) >= 11 is 5.52.